The average molecular weight is 188 g/mol. The Morgan fingerprint density at radius 2 is 1.92 bits per heavy atom. The highest BCUT2D eigenvalue weighted by atomic mass is 16.7. The SMILES string of the molecule is O=[N+]([O-])C(=C1NC=C(O)N1)[N+](=O)[O-]. The van der Waals surface area contributed by atoms with Crippen molar-refractivity contribution in [3.8, 4) is 0 Å². The molecule has 0 radical (unpaired) electrons. The Morgan fingerprint density at radius 1 is 1.38 bits per heavy atom. The van der Waals surface area contributed by atoms with Crippen LogP contribution in [0.2, 0.25) is 0 Å². The predicted molar refractivity (Wildman–Crippen MR) is 38.0 cm³/mol. The first-order valence-corrected chi connectivity index (χ1v) is 2.98. The first kappa shape index (κ1) is 8.77. The van der Waals surface area contributed by atoms with E-state index in [0.717, 1.165) is 6.20 Å². The number of nitrogens with one attached hydrogen (secondary N) is 2. The molecule has 0 saturated carbocycles. The normalized spacial score (nSPS) is 14.2. The van der Waals surface area contributed by atoms with Gasteiger partial charge in [0.2, 0.25) is 5.88 Å². The highest BCUT2D eigenvalue weighted by Crippen LogP contribution is 2.06. The molecule has 0 spiro atoms. The Hall–Kier alpha value is -2.32. The fourth-order valence-corrected chi connectivity index (χ4v) is 0.710. The van der Waals surface area contributed by atoms with Crippen LogP contribution in [-0.2, 0) is 0 Å². The van der Waals surface area contributed by atoms with Gasteiger partial charge in [0.1, 0.15) is 9.85 Å². The third-order valence-corrected chi connectivity index (χ3v) is 1.18. The van der Waals surface area contributed by atoms with E-state index in [1.807, 2.05) is 5.32 Å². The standard InChI is InChI=1S/C4H4N4O5/c9-2-1-5-3(6-2)4(7(10)11)8(12)13/h1,5-6,9H. The van der Waals surface area contributed by atoms with E-state index in [0.29, 0.717) is 0 Å². The first-order chi connectivity index (χ1) is 6.02. The van der Waals surface area contributed by atoms with Crippen molar-refractivity contribution in [2.45, 2.75) is 0 Å². The van der Waals surface area contributed by atoms with Crippen molar-refractivity contribution < 1.29 is 15.0 Å². The van der Waals surface area contributed by atoms with Gasteiger partial charge in [0.15, 0.2) is 0 Å². The molecule has 0 aromatic heterocycles. The van der Waals surface area contributed by atoms with Crippen LogP contribution in [0.15, 0.2) is 23.7 Å². The lowest BCUT2D eigenvalue weighted by atomic mass is 10.6. The number of hydrogen-bond donors (Lipinski definition) is 3. The second kappa shape index (κ2) is 2.97. The summed E-state index contributed by atoms with van der Waals surface area (Å²) in [5.41, 5.74) is 0. The fourth-order valence-electron chi connectivity index (χ4n) is 0.710. The van der Waals surface area contributed by atoms with Crippen LogP contribution in [0.3, 0.4) is 0 Å². The van der Waals surface area contributed by atoms with E-state index in [4.69, 9.17) is 5.11 Å². The lowest BCUT2D eigenvalue weighted by Gasteiger charge is -1.95. The number of nitro groups is 2. The van der Waals surface area contributed by atoms with Gasteiger partial charge >= 0.3 is 5.82 Å². The van der Waals surface area contributed by atoms with Gasteiger partial charge in [-0.2, -0.15) is 0 Å². The van der Waals surface area contributed by atoms with Crippen molar-refractivity contribution in [1.82, 2.24) is 10.6 Å². The van der Waals surface area contributed by atoms with Crippen LogP contribution in [0.5, 0.6) is 0 Å². The molecule has 1 heterocycles. The van der Waals surface area contributed by atoms with Gasteiger partial charge in [-0.05, 0) is 0 Å². The summed E-state index contributed by atoms with van der Waals surface area (Å²) in [5.74, 6) is -2.14. The monoisotopic (exact) mass is 188 g/mol. The van der Waals surface area contributed by atoms with E-state index >= 15 is 0 Å². The quantitative estimate of drug-likeness (QED) is 0.382. The summed E-state index contributed by atoms with van der Waals surface area (Å²) in [7, 11) is 0. The van der Waals surface area contributed by atoms with Crippen molar-refractivity contribution in [3.63, 3.8) is 0 Å². The zero-order valence-electron chi connectivity index (χ0n) is 6.05. The van der Waals surface area contributed by atoms with Crippen molar-refractivity contribution in [3.05, 3.63) is 44.0 Å². The summed E-state index contributed by atoms with van der Waals surface area (Å²) in [6, 6.07) is 0. The molecular formula is C4H4N4O5. The van der Waals surface area contributed by atoms with Gasteiger partial charge in [0, 0.05) is 0 Å². The summed E-state index contributed by atoms with van der Waals surface area (Å²) in [4.78, 5) is 18.0. The van der Waals surface area contributed by atoms with Gasteiger partial charge in [0.05, 0.1) is 6.20 Å². The van der Waals surface area contributed by atoms with E-state index in [1.165, 1.54) is 0 Å². The Labute approximate surface area is 70.6 Å². The molecule has 13 heavy (non-hydrogen) atoms. The molecule has 0 fully saturated rings. The minimum Gasteiger partial charge on any atom is -0.494 e. The highest BCUT2D eigenvalue weighted by molar-refractivity contribution is 5.14. The molecule has 70 valence electrons. The fraction of sp³-hybridized carbons (Fsp3) is 0. The number of aliphatic hydroxyl groups excluding tert-OH is 1. The van der Waals surface area contributed by atoms with Crippen LogP contribution < -0.4 is 10.6 Å². The van der Waals surface area contributed by atoms with Crippen molar-refractivity contribution in [1.29, 1.82) is 0 Å². The van der Waals surface area contributed by atoms with Gasteiger partial charge in [-0.1, -0.05) is 0 Å². The summed E-state index contributed by atoms with van der Waals surface area (Å²) in [6.45, 7) is 0. The van der Waals surface area contributed by atoms with E-state index in [2.05, 4.69) is 5.32 Å². The molecule has 0 aliphatic carbocycles. The van der Waals surface area contributed by atoms with Gasteiger partial charge in [-0.3, -0.25) is 25.5 Å². The lowest BCUT2D eigenvalue weighted by Crippen LogP contribution is -2.23. The molecule has 9 heteroatoms. The average Bonchev–Trinajstić information content (AvgIpc) is 2.34. The number of hydrogen-bond acceptors (Lipinski definition) is 7. The Kier molecular flexibility index (Phi) is 2.00. The van der Waals surface area contributed by atoms with Crippen LogP contribution in [0.1, 0.15) is 0 Å². The van der Waals surface area contributed by atoms with Crippen molar-refractivity contribution in [2.24, 2.45) is 0 Å². The maximum atomic E-state index is 10.2. The second-order valence-electron chi connectivity index (χ2n) is 2.01. The maximum Gasteiger partial charge on any atom is 0.600 e. The largest absolute Gasteiger partial charge is 0.600 e. The minimum absolute atomic E-state index is 0.420. The number of aliphatic hydroxyl groups is 1. The molecule has 0 saturated heterocycles. The van der Waals surface area contributed by atoms with E-state index in [-0.39, 0.29) is 0 Å². The Bertz CT molecular complexity index is 315. The lowest BCUT2D eigenvalue weighted by molar-refractivity contribution is -0.617. The molecule has 0 unspecified atom stereocenters. The van der Waals surface area contributed by atoms with Gasteiger partial charge in [0.25, 0.3) is 5.82 Å². The minimum atomic E-state index is -1.25. The molecule has 1 aliphatic rings. The molecule has 1 rings (SSSR count). The number of rotatable bonds is 2. The van der Waals surface area contributed by atoms with Crippen LogP contribution in [0, 0.1) is 20.2 Å². The van der Waals surface area contributed by atoms with Crippen LogP contribution >= 0.6 is 0 Å². The molecule has 0 bridgehead atoms. The van der Waals surface area contributed by atoms with Crippen molar-refractivity contribution in [2.75, 3.05) is 0 Å². The zero-order chi connectivity index (χ0) is 10.0. The molecule has 0 atom stereocenters. The predicted octanol–water partition coefficient (Wildman–Crippen LogP) is -0.784. The third kappa shape index (κ3) is 1.64. The molecule has 0 aromatic rings. The van der Waals surface area contributed by atoms with Gasteiger partial charge in [-0.25, -0.2) is 0 Å². The smallest absolute Gasteiger partial charge is 0.494 e. The van der Waals surface area contributed by atoms with E-state index < -0.39 is 27.4 Å². The third-order valence-electron chi connectivity index (χ3n) is 1.18. The van der Waals surface area contributed by atoms with Gasteiger partial charge in [-0.15, -0.1) is 0 Å². The Balaban J connectivity index is 3.00. The summed E-state index contributed by atoms with van der Waals surface area (Å²) in [5, 5.41) is 33.2. The zero-order valence-corrected chi connectivity index (χ0v) is 6.05. The van der Waals surface area contributed by atoms with Crippen molar-refractivity contribution >= 4 is 0 Å². The van der Waals surface area contributed by atoms with E-state index in [1.54, 1.807) is 0 Å². The number of nitrogens with zero attached hydrogens (tertiary/aromatic N) is 2. The van der Waals surface area contributed by atoms with Gasteiger partial charge < -0.3 is 10.4 Å². The van der Waals surface area contributed by atoms with Crippen LogP contribution in [-0.4, -0.2) is 15.0 Å². The van der Waals surface area contributed by atoms with Crippen LogP contribution in [0.25, 0.3) is 0 Å². The van der Waals surface area contributed by atoms with Crippen LogP contribution in [0.4, 0.5) is 0 Å². The molecule has 3 N–H and O–H groups in total. The van der Waals surface area contributed by atoms with E-state index in [9.17, 15) is 20.2 Å². The topological polar surface area (TPSA) is 131 Å². The first-order valence-electron chi connectivity index (χ1n) is 2.98. The maximum absolute atomic E-state index is 10.2. The molecule has 1 aliphatic heterocycles. The second-order valence-corrected chi connectivity index (χ2v) is 2.01. The molecule has 0 aromatic carbocycles. The Morgan fingerprint density at radius 3 is 2.23 bits per heavy atom. The summed E-state index contributed by atoms with van der Waals surface area (Å²) in [6.07, 6.45) is 0.961. The highest BCUT2D eigenvalue weighted by Gasteiger charge is 2.34. The summed E-state index contributed by atoms with van der Waals surface area (Å²) < 4.78 is 0. The molecular weight excluding hydrogens is 184 g/mol. The molecule has 9 nitrogen and oxygen atoms in total. The molecule has 0 amide bonds. The summed E-state index contributed by atoms with van der Waals surface area (Å²) >= 11 is 0.